The van der Waals surface area contributed by atoms with E-state index >= 15 is 0 Å². The van der Waals surface area contributed by atoms with Crippen molar-refractivity contribution >= 4 is 11.6 Å². The number of hydrogen-bond acceptors (Lipinski definition) is 2. The predicted octanol–water partition coefficient (Wildman–Crippen LogP) is 2.29. The molecule has 0 aromatic heterocycles. The Morgan fingerprint density at radius 3 is 2.47 bits per heavy atom. The van der Waals surface area contributed by atoms with Crippen molar-refractivity contribution in [2.24, 2.45) is 11.1 Å². The van der Waals surface area contributed by atoms with Gasteiger partial charge in [0.05, 0.1) is 5.41 Å². The fourth-order valence-corrected chi connectivity index (χ4v) is 2.02. The van der Waals surface area contributed by atoms with E-state index in [0.29, 0.717) is 6.54 Å². The lowest BCUT2D eigenvalue weighted by atomic mass is 10.0. The Balaban J connectivity index is 2.20. The van der Waals surface area contributed by atoms with E-state index in [2.05, 4.69) is 19.2 Å². The smallest absolute Gasteiger partial charge is 0.231 e. The lowest BCUT2D eigenvalue weighted by molar-refractivity contribution is -0.120. The van der Waals surface area contributed by atoms with E-state index in [-0.39, 0.29) is 11.3 Å². The molecule has 1 fully saturated rings. The van der Waals surface area contributed by atoms with Gasteiger partial charge in [0.1, 0.15) is 0 Å². The van der Waals surface area contributed by atoms with Crippen LogP contribution in [0.3, 0.4) is 0 Å². The topological polar surface area (TPSA) is 55.1 Å². The molecule has 3 heteroatoms. The fraction of sp³-hybridized carbons (Fsp3) is 0.500. The van der Waals surface area contributed by atoms with Crippen LogP contribution in [0.4, 0.5) is 5.69 Å². The molecular formula is C14H20N2O. The fourth-order valence-electron chi connectivity index (χ4n) is 2.02. The van der Waals surface area contributed by atoms with Gasteiger partial charge in [0.15, 0.2) is 0 Å². The number of aryl methyl sites for hydroxylation is 1. The van der Waals surface area contributed by atoms with Crippen molar-refractivity contribution in [1.82, 2.24) is 0 Å². The largest absolute Gasteiger partial charge is 0.329 e. The Hall–Kier alpha value is -1.35. The summed E-state index contributed by atoms with van der Waals surface area (Å²) in [6.07, 6.45) is 1.83. The molecule has 0 bridgehead atoms. The number of carbonyl (C=O) groups is 1. The summed E-state index contributed by atoms with van der Waals surface area (Å²) >= 11 is 0. The van der Waals surface area contributed by atoms with Crippen molar-refractivity contribution in [1.29, 1.82) is 0 Å². The lowest BCUT2D eigenvalue weighted by Gasteiger charge is -2.16. The Labute approximate surface area is 102 Å². The monoisotopic (exact) mass is 232 g/mol. The van der Waals surface area contributed by atoms with Crippen LogP contribution in [0, 0.1) is 26.2 Å². The van der Waals surface area contributed by atoms with Gasteiger partial charge in [-0.25, -0.2) is 0 Å². The molecule has 1 amide bonds. The zero-order chi connectivity index (χ0) is 12.6. The van der Waals surface area contributed by atoms with E-state index in [1.807, 2.05) is 19.1 Å². The average molecular weight is 232 g/mol. The van der Waals surface area contributed by atoms with Crippen LogP contribution in [0.15, 0.2) is 12.1 Å². The summed E-state index contributed by atoms with van der Waals surface area (Å²) in [7, 11) is 0. The van der Waals surface area contributed by atoms with Crippen molar-refractivity contribution in [2.45, 2.75) is 33.6 Å². The molecule has 0 atom stereocenters. The quantitative estimate of drug-likeness (QED) is 0.840. The average Bonchev–Trinajstić information content (AvgIpc) is 3.11. The molecule has 0 unspecified atom stereocenters. The third-order valence-electron chi connectivity index (χ3n) is 4.03. The Morgan fingerprint density at radius 1 is 1.29 bits per heavy atom. The molecule has 0 aliphatic heterocycles. The summed E-state index contributed by atoms with van der Waals surface area (Å²) in [5.41, 5.74) is 9.91. The number of nitrogens with one attached hydrogen (secondary N) is 1. The maximum absolute atomic E-state index is 12.1. The minimum absolute atomic E-state index is 0.0753. The highest BCUT2D eigenvalue weighted by Crippen LogP contribution is 2.45. The van der Waals surface area contributed by atoms with Gasteiger partial charge in [-0.3, -0.25) is 4.79 Å². The summed E-state index contributed by atoms with van der Waals surface area (Å²) in [5.74, 6) is 0.0753. The second-order valence-electron chi connectivity index (χ2n) is 5.12. The first kappa shape index (κ1) is 12.1. The van der Waals surface area contributed by atoms with Crippen molar-refractivity contribution in [2.75, 3.05) is 11.9 Å². The van der Waals surface area contributed by atoms with Crippen LogP contribution in [0.5, 0.6) is 0 Å². The van der Waals surface area contributed by atoms with Crippen LogP contribution in [0.1, 0.15) is 29.5 Å². The lowest BCUT2D eigenvalue weighted by Crippen LogP contribution is -2.31. The molecule has 17 heavy (non-hydrogen) atoms. The summed E-state index contributed by atoms with van der Waals surface area (Å²) in [6.45, 7) is 6.65. The number of benzene rings is 1. The van der Waals surface area contributed by atoms with Gasteiger partial charge in [0, 0.05) is 12.2 Å². The van der Waals surface area contributed by atoms with Gasteiger partial charge in [0.25, 0.3) is 0 Å². The molecule has 0 saturated heterocycles. The number of amides is 1. The van der Waals surface area contributed by atoms with E-state index in [0.717, 1.165) is 24.1 Å². The molecule has 0 heterocycles. The van der Waals surface area contributed by atoms with Crippen molar-refractivity contribution in [3.8, 4) is 0 Å². The molecule has 0 spiro atoms. The Morgan fingerprint density at radius 2 is 1.94 bits per heavy atom. The highest BCUT2D eigenvalue weighted by Gasteiger charge is 2.48. The first-order valence-corrected chi connectivity index (χ1v) is 6.08. The number of hydrogen-bond donors (Lipinski definition) is 2. The van der Waals surface area contributed by atoms with E-state index in [9.17, 15) is 4.79 Å². The SMILES string of the molecule is Cc1ccc(NC(=O)C2(CN)CC2)c(C)c1C. The van der Waals surface area contributed by atoms with Crippen molar-refractivity contribution in [3.05, 3.63) is 28.8 Å². The number of nitrogens with two attached hydrogens (primary N) is 1. The third kappa shape index (κ3) is 2.07. The summed E-state index contributed by atoms with van der Waals surface area (Å²) < 4.78 is 0. The molecule has 1 aliphatic rings. The van der Waals surface area contributed by atoms with E-state index in [1.54, 1.807) is 0 Å². The molecule has 0 radical (unpaired) electrons. The first-order chi connectivity index (χ1) is 8.00. The second kappa shape index (κ2) is 4.15. The van der Waals surface area contributed by atoms with Gasteiger partial charge in [-0.1, -0.05) is 6.07 Å². The van der Waals surface area contributed by atoms with Crippen LogP contribution < -0.4 is 11.1 Å². The van der Waals surface area contributed by atoms with E-state index < -0.39 is 0 Å². The first-order valence-electron chi connectivity index (χ1n) is 6.08. The highest BCUT2D eigenvalue weighted by molar-refractivity contribution is 5.98. The van der Waals surface area contributed by atoms with E-state index in [1.165, 1.54) is 11.1 Å². The van der Waals surface area contributed by atoms with Gasteiger partial charge < -0.3 is 11.1 Å². The van der Waals surface area contributed by atoms with Crippen LogP contribution in [0.25, 0.3) is 0 Å². The molecule has 1 aromatic rings. The van der Waals surface area contributed by atoms with Gasteiger partial charge in [-0.15, -0.1) is 0 Å². The van der Waals surface area contributed by atoms with Gasteiger partial charge >= 0.3 is 0 Å². The van der Waals surface area contributed by atoms with Crippen molar-refractivity contribution < 1.29 is 4.79 Å². The highest BCUT2D eigenvalue weighted by atomic mass is 16.2. The minimum atomic E-state index is -0.286. The van der Waals surface area contributed by atoms with Gasteiger partial charge in [-0.05, 0) is 56.4 Å². The zero-order valence-corrected chi connectivity index (χ0v) is 10.8. The third-order valence-corrected chi connectivity index (χ3v) is 4.03. The summed E-state index contributed by atoms with van der Waals surface area (Å²) in [6, 6.07) is 4.02. The molecule has 3 nitrogen and oxygen atoms in total. The van der Waals surface area contributed by atoms with Crippen molar-refractivity contribution in [3.63, 3.8) is 0 Å². The van der Waals surface area contributed by atoms with Crippen LogP contribution in [-0.4, -0.2) is 12.5 Å². The van der Waals surface area contributed by atoms with Crippen LogP contribution in [-0.2, 0) is 4.79 Å². The standard InChI is InChI=1S/C14H20N2O/c1-9-4-5-12(11(3)10(9)2)16-13(17)14(8-15)6-7-14/h4-5H,6-8,15H2,1-3H3,(H,16,17). The Kier molecular flexibility index (Phi) is 2.96. The summed E-state index contributed by atoms with van der Waals surface area (Å²) in [4.78, 5) is 12.1. The number of anilines is 1. The Bertz CT molecular complexity index is 462. The molecule has 1 saturated carbocycles. The zero-order valence-electron chi connectivity index (χ0n) is 10.8. The maximum Gasteiger partial charge on any atom is 0.231 e. The second-order valence-corrected chi connectivity index (χ2v) is 5.12. The van der Waals surface area contributed by atoms with Crippen LogP contribution in [0.2, 0.25) is 0 Å². The van der Waals surface area contributed by atoms with Gasteiger partial charge in [-0.2, -0.15) is 0 Å². The van der Waals surface area contributed by atoms with E-state index in [4.69, 9.17) is 5.73 Å². The normalized spacial score (nSPS) is 16.7. The molecule has 1 aliphatic carbocycles. The molecule has 92 valence electrons. The van der Waals surface area contributed by atoms with Crippen LogP contribution >= 0.6 is 0 Å². The molecule has 1 aromatic carbocycles. The predicted molar refractivity (Wildman–Crippen MR) is 70.0 cm³/mol. The summed E-state index contributed by atoms with van der Waals surface area (Å²) in [5, 5.41) is 3.01. The molecule has 2 rings (SSSR count). The minimum Gasteiger partial charge on any atom is -0.329 e. The molecular weight excluding hydrogens is 212 g/mol. The maximum atomic E-state index is 12.1. The number of rotatable bonds is 3. The van der Waals surface area contributed by atoms with Gasteiger partial charge in [0.2, 0.25) is 5.91 Å². The number of carbonyl (C=O) groups excluding carboxylic acids is 1. The molecule has 3 N–H and O–H groups in total.